The molecule has 0 amide bonds. The maximum atomic E-state index is 12.8. The van der Waals surface area contributed by atoms with Crippen LogP contribution >= 0.6 is 0 Å². The minimum atomic E-state index is -0.740. The van der Waals surface area contributed by atoms with Crippen molar-refractivity contribution in [3.05, 3.63) is 29.3 Å². The summed E-state index contributed by atoms with van der Waals surface area (Å²) in [5.74, 6) is 0.626. The molecule has 0 bridgehead atoms. The molecule has 0 aliphatic heterocycles. The minimum Gasteiger partial charge on any atom is -0.496 e. The maximum absolute atomic E-state index is 12.8. The lowest BCUT2D eigenvalue weighted by atomic mass is 9.86. The molecule has 0 radical (unpaired) electrons. The molecule has 0 atom stereocenters. The van der Waals surface area contributed by atoms with Crippen molar-refractivity contribution < 1.29 is 14.3 Å². The summed E-state index contributed by atoms with van der Waals surface area (Å²) in [7, 11) is 1.59. The predicted octanol–water partition coefficient (Wildman–Crippen LogP) is 3.78. The van der Waals surface area contributed by atoms with Gasteiger partial charge in [-0.1, -0.05) is 25.5 Å². The average Bonchev–Trinajstić information content (AvgIpc) is 2.44. The number of ether oxygens (including phenoxy) is 2. The van der Waals surface area contributed by atoms with Crippen LogP contribution in [0.3, 0.4) is 0 Å². The number of hydrogen-bond donors (Lipinski definition) is 0. The molecule has 3 nitrogen and oxygen atoms in total. The van der Waals surface area contributed by atoms with Gasteiger partial charge in [0.15, 0.2) is 5.78 Å². The summed E-state index contributed by atoms with van der Waals surface area (Å²) < 4.78 is 11.1. The summed E-state index contributed by atoms with van der Waals surface area (Å²) in [5, 5.41) is 0. The molecule has 0 fully saturated rings. The van der Waals surface area contributed by atoms with Crippen molar-refractivity contribution in [2.45, 2.75) is 46.1 Å². The zero-order chi connectivity index (χ0) is 14.5. The van der Waals surface area contributed by atoms with Gasteiger partial charge in [0.05, 0.1) is 12.7 Å². The van der Waals surface area contributed by atoms with Crippen molar-refractivity contribution in [1.29, 1.82) is 0 Å². The highest BCUT2D eigenvalue weighted by Crippen LogP contribution is 2.30. The molecule has 0 aromatic heterocycles. The summed E-state index contributed by atoms with van der Waals surface area (Å²) in [6, 6.07) is 5.65. The molecule has 0 aliphatic rings. The van der Waals surface area contributed by atoms with Gasteiger partial charge < -0.3 is 9.47 Å². The Morgan fingerprint density at radius 3 is 2.32 bits per heavy atom. The number of benzene rings is 1. The van der Waals surface area contributed by atoms with E-state index in [1.165, 1.54) is 0 Å². The van der Waals surface area contributed by atoms with Crippen LogP contribution in [0.15, 0.2) is 18.2 Å². The number of carbonyl (C=O) groups is 1. The van der Waals surface area contributed by atoms with Gasteiger partial charge in [-0.25, -0.2) is 0 Å². The van der Waals surface area contributed by atoms with Gasteiger partial charge in [-0.3, -0.25) is 4.79 Å². The Hall–Kier alpha value is -1.35. The van der Waals surface area contributed by atoms with Gasteiger partial charge in [0.25, 0.3) is 0 Å². The Morgan fingerprint density at radius 1 is 1.21 bits per heavy atom. The smallest absolute Gasteiger partial charge is 0.198 e. The second-order valence-electron chi connectivity index (χ2n) is 4.67. The Kier molecular flexibility index (Phi) is 5.55. The Morgan fingerprint density at radius 2 is 1.84 bits per heavy atom. The van der Waals surface area contributed by atoms with E-state index in [-0.39, 0.29) is 5.78 Å². The van der Waals surface area contributed by atoms with Gasteiger partial charge in [-0.05, 0) is 38.8 Å². The van der Waals surface area contributed by atoms with Gasteiger partial charge in [0.2, 0.25) is 0 Å². The van der Waals surface area contributed by atoms with Crippen LogP contribution in [-0.4, -0.2) is 25.1 Å². The predicted molar refractivity (Wildman–Crippen MR) is 77.0 cm³/mol. The first-order chi connectivity index (χ1) is 9.04. The highest BCUT2D eigenvalue weighted by molar-refractivity contribution is 6.04. The molecule has 0 saturated carbocycles. The molecule has 0 aliphatic carbocycles. The van der Waals surface area contributed by atoms with Crippen LogP contribution in [0.4, 0.5) is 0 Å². The van der Waals surface area contributed by atoms with E-state index in [2.05, 4.69) is 0 Å². The van der Waals surface area contributed by atoms with Crippen molar-refractivity contribution in [1.82, 2.24) is 0 Å². The second-order valence-corrected chi connectivity index (χ2v) is 4.67. The molecule has 0 saturated heterocycles. The van der Waals surface area contributed by atoms with Crippen LogP contribution < -0.4 is 4.74 Å². The lowest BCUT2D eigenvalue weighted by molar-refractivity contribution is -0.0252. The minimum absolute atomic E-state index is 0.0138. The van der Waals surface area contributed by atoms with Crippen LogP contribution in [0.1, 0.15) is 49.5 Å². The molecule has 0 N–H and O–H groups in total. The Balaban J connectivity index is 3.26. The van der Waals surface area contributed by atoms with Gasteiger partial charge in [0.1, 0.15) is 11.4 Å². The topological polar surface area (TPSA) is 35.5 Å². The first-order valence-corrected chi connectivity index (χ1v) is 6.88. The molecular formula is C16H24O3. The SMILES string of the molecule is CCOC(CC)(CC)C(=O)c1cc(C)ccc1OC. The molecule has 106 valence electrons. The third-order valence-electron chi connectivity index (χ3n) is 3.58. The highest BCUT2D eigenvalue weighted by Gasteiger charge is 2.37. The zero-order valence-corrected chi connectivity index (χ0v) is 12.6. The fraction of sp³-hybridized carbons (Fsp3) is 0.562. The number of Topliss-reactive ketones (excluding diaryl/α,β-unsaturated/α-hetero) is 1. The normalized spacial score (nSPS) is 11.4. The Labute approximate surface area is 115 Å². The van der Waals surface area contributed by atoms with Gasteiger partial charge in [-0.15, -0.1) is 0 Å². The van der Waals surface area contributed by atoms with E-state index < -0.39 is 5.60 Å². The quantitative estimate of drug-likeness (QED) is 0.703. The van der Waals surface area contributed by atoms with Crippen LogP contribution in [0.5, 0.6) is 5.75 Å². The third kappa shape index (κ3) is 3.16. The highest BCUT2D eigenvalue weighted by atomic mass is 16.5. The molecule has 0 spiro atoms. The number of hydrogen-bond acceptors (Lipinski definition) is 3. The van der Waals surface area contributed by atoms with E-state index in [1.54, 1.807) is 7.11 Å². The number of aryl methyl sites for hydroxylation is 1. The second kappa shape index (κ2) is 6.71. The summed E-state index contributed by atoms with van der Waals surface area (Å²) in [4.78, 5) is 12.8. The molecule has 1 aromatic carbocycles. The zero-order valence-electron chi connectivity index (χ0n) is 12.6. The fourth-order valence-corrected chi connectivity index (χ4v) is 2.36. The van der Waals surface area contributed by atoms with Crippen molar-refractivity contribution in [2.24, 2.45) is 0 Å². The lowest BCUT2D eigenvalue weighted by Crippen LogP contribution is -2.40. The van der Waals surface area contributed by atoms with E-state index in [0.29, 0.717) is 30.8 Å². The average molecular weight is 264 g/mol. The number of methoxy groups -OCH3 is 1. The van der Waals surface area contributed by atoms with Gasteiger partial charge in [-0.2, -0.15) is 0 Å². The number of ketones is 1. The number of carbonyl (C=O) groups excluding carboxylic acids is 1. The van der Waals surface area contributed by atoms with Crippen molar-refractivity contribution in [2.75, 3.05) is 13.7 Å². The standard InChI is InChI=1S/C16H24O3/c1-6-16(7-2,19-8-3)15(17)13-11-12(4)9-10-14(13)18-5/h9-11H,6-8H2,1-5H3. The molecule has 19 heavy (non-hydrogen) atoms. The summed E-state index contributed by atoms with van der Waals surface area (Å²) in [6.07, 6.45) is 1.32. The number of rotatable bonds is 7. The third-order valence-corrected chi connectivity index (χ3v) is 3.58. The van der Waals surface area contributed by atoms with Gasteiger partial charge >= 0.3 is 0 Å². The van der Waals surface area contributed by atoms with Crippen molar-refractivity contribution in [3.8, 4) is 5.75 Å². The van der Waals surface area contributed by atoms with Crippen molar-refractivity contribution >= 4 is 5.78 Å². The lowest BCUT2D eigenvalue weighted by Gasteiger charge is -2.30. The molecule has 1 rings (SSSR count). The Bertz CT molecular complexity index is 434. The van der Waals surface area contributed by atoms with Gasteiger partial charge in [0, 0.05) is 6.61 Å². The first kappa shape index (κ1) is 15.7. The van der Waals surface area contributed by atoms with E-state index in [9.17, 15) is 4.79 Å². The largest absolute Gasteiger partial charge is 0.496 e. The first-order valence-electron chi connectivity index (χ1n) is 6.88. The molecule has 1 aromatic rings. The van der Waals surface area contributed by atoms with E-state index in [1.807, 2.05) is 45.9 Å². The van der Waals surface area contributed by atoms with Crippen LogP contribution in [-0.2, 0) is 4.74 Å². The summed E-state index contributed by atoms with van der Waals surface area (Å²) >= 11 is 0. The molecular weight excluding hydrogens is 240 g/mol. The molecule has 0 heterocycles. The molecule has 3 heteroatoms. The fourth-order valence-electron chi connectivity index (χ4n) is 2.36. The maximum Gasteiger partial charge on any atom is 0.198 e. The van der Waals surface area contributed by atoms with Crippen LogP contribution in [0.2, 0.25) is 0 Å². The van der Waals surface area contributed by atoms with Crippen LogP contribution in [0.25, 0.3) is 0 Å². The van der Waals surface area contributed by atoms with E-state index >= 15 is 0 Å². The summed E-state index contributed by atoms with van der Waals surface area (Å²) in [5.41, 5.74) is 0.914. The summed E-state index contributed by atoms with van der Waals surface area (Å²) in [6.45, 7) is 8.39. The van der Waals surface area contributed by atoms with E-state index in [4.69, 9.17) is 9.47 Å². The molecule has 0 unspecified atom stereocenters. The van der Waals surface area contributed by atoms with Crippen LogP contribution in [0, 0.1) is 6.92 Å². The van der Waals surface area contributed by atoms with Crippen molar-refractivity contribution in [3.63, 3.8) is 0 Å². The monoisotopic (exact) mass is 264 g/mol. The van der Waals surface area contributed by atoms with E-state index in [0.717, 1.165) is 5.56 Å².